The normalized spacial score (nSPS) is 10.8. The molecular formula is C24H21ClN4O2. The zero-order valence-corrected chi connectivity index (χ0v) is 18.1. The summed E-state index contributed by atoms with van der Waals surface area (Å²) in [4.78, 5) is 30.0. The van der Waals surface area contributed by atoms with E-state index in [1.54, 1.807) is 41.8 Å². The molecule has 0 saturated carbocycles. The van der Waals surface area contributed by atoms with Gasteiger partial charge in [-0.2, -0.15) is 0 Å². The minimum atomic E-state index is -0.378. The number of halogens is 1. The van der Waals surface area contributed by atoms with Crippen molar-refractivity contribution in [3.8, 4) is 5.69 Å². The number of nitrogens with one attached hydrogen (secondary N) is 2. The van der Waals surface area contributed by atoms with E-state index >= 15 is 0 Å². The average Bonchev–Trinajstić information content (AvgIpc) is 2.73. The van der Waals surface area contributed by atoms with Crippen molar-refractivity contribution in [2.24, 2.45) is 0 Å². The molecule has 7 heteroatoms. The molecule has 0 fully saturated rings. The number of anilines is 2. The van der Waals surface area contributed by atoms with Crippen molar-refractivity contribution in [1.29, 1.82) is 0 Å². The molecule has 1 aromatic heterocycles. The van der Waals surface area contributed by atoms with Gasteiger partial charge in [-0.25, -0.2) is 9.78 Å². The van der Waals surface area contributed by atoms with E-state index in [1.165, 1.54) is 0 Å². The second-order valence-electron chi connectivity index (χ2n) is 7.36. The number of aromatic nitrogens is 2. The Morgan fingerprint density at radius 1 is 0.935 bits per heavy atom. The summed E-state index contributed by atoms with van der Waals surface area (Å²) in [6, 6.07) is 17.6. The maximum atomic E-state index is 13.0. The fraction of sp³-hybridized carbons (Fsp3) is 0.125. The molecule has 156 valence electrons. The van der Waals surface area contributed by atoms with Crippen LogP contribution in [0, 0.1) is 20.8 Å². The maximum absolute atomic E-state index is 13.0. The molecule has 31 heavy (non-hydrogen) atoms. The zero-order chi connectivity index (χ0) is 22.1. The van der Waals surface area contributed by atoms with Gasteiger partial charge in [-0.05, 0) is 74.4 Å². The highest BCUT2D eigenvalue weighted by Crippen LogP contribution is 2.22. The number of carbonyl (C=O) groups excluding carboxylic acids is 1. The second-order valence-corrected chi connectivity index (χ2v) is 7.77. The van der Waals surface area contributed by atoms with E-state index in [0.29, 0.717) is 38.8 Å². The SMILES string of the molecule is Cc1ccc(NC(=O)Nc2ccc(-n3c(C)nc4ccccc4c3=O)cc2C)cc1Cl. The molecule has 4 rings (SSSR count). The van der Waals surface area contributed by atoms with Crippen LogP contribution in [0.3, 0.4) is 0 Å². The third-order valence-corrected chi connectivity index (χ3v) is 5.50. The summed E-state index contributed by atoms with van der Waals surface area (Å²) in [5.41, 5.74) is 4.23. The highest BCUT2D eigenvalue weighted by molar-refractivity contribution is 6.31. The lowest BCUT2D eigenvalue weighted by molar-refractivity contribution is 0.262. The van der Waals surface area contributed by atoms with Crippen molar-refractivity contribution in [1.82, 2.24) is 9.55 Å². The average molecular weight is 433 g/mol. The van der Waals surface area contributed by atoms with Gasteiger partial charge in [0.25, 0.3) is 5.56 Å². The van der Waals surface area contributed by atoms with Crippen LogP contribution in [0.5, 0.6) is 0 Å². The summed E-state index contributed by atoms with van der Waals surface area (Å²) in [6.45, 7) is 5.57. The quantitative estimate of drug-likeness (QED) is 0.442. The van der Waals surface area contributed by atoms with Gasteiger partial charge in [0.1, 0.15) is 5.82 Å². The minimum Gasteiger partial charge on any atom is -0.308 e. The van der Waals surface area contributed by atoms with Gasteiger partial charge in [-0.1, -0.05) is 29.8 Å². The first-order valence-electron chi connectivity index (χ1n) is 9.77. The van der Waals surface area contributed by atoms with Crippen molar-refractivity contribution in [2.45, 2.75) is 20.8 Å². The van der Waals surface area contributed by atoms with Crippen LogP contribution in [0.1, 0.15) is 17.0 Å². The van der Waals surface area contributed by atoms with E-state index in [1.807, 2.05) is 44.2 Å². The van der Waals surface area contributed by atoms with Crippen LogP contribution in [0.4, 0.5) is 16.2 Å². The Kier molecular flexibility index (Phi) is 5.48. The van der Waals surface area contributed by atoms with Crippen molar-refractivity contribution in [3.63, 3.8) is 0 Å². The van der Waals surface area contributed by atoms with Crippen LogP contribution in [0.2, 0.25) is 5.02 Å². The monoisotopic (exact) mass is 432 g/mol. The van der Waals surface area contributed by atoms with E-state index in [2.05, 4.69) is 15.6 Å². The fourth-order valence-corrected chi connectivity index (χ4v) is 3.61. The molecule has 0 aliphatic heterocycles. The highest BCUT2D eigenvalue weighted by atomic mass is 35.5. The summed E-state index contributed by atoms with van der Waals surface area (Å²) < 4.78 is 1.58. The van der Waals surface area contributed by atoms with Crippen LogP contribution in [0.25, 0.3) is 16.6 Å². The van der Waals surface area contributed by atoms with Crippen molar-refractivity contribution >= 4 is 39.9 Å². The van der Waals surface area contributed by atoms with Gasteiger partial charge in [0.2, 0.25) is 0 Å². The lowest BCUT2D eigenvalue weighted by Crippen LogP contribution is -2.23. The molecule has 2 N–H and O–H groups in total. The molecule has 1 heterocycles. The summed E-state index contributed by atoms with van der Waals surface area (Å²) in [5.74, 6) is 0.595. The standard InChI is InChI=1S/C24H21ClN4O2/c1-14-8-9-17(13-20(14)25)27-24(31)28-21-11-10-18(12-15(21)2)29-16(3)26-22-7-5-4-6-19(22)23(29)30/h4-13H,1-3H3,(H2,27,28,31). The third kappa shape index (κ3) is 4.15. The molecule has 4 aromatic rings. The first-order valence-corrected chi connectivity index (χ1v) is 10.1. The number of benzene rings is 3. The van der Waals surface area contributed by atoms with Gasteiger partial charge in [-0.3, -0.25) is 9.36 Å². The number of para-hydroxylation sites is 1. The smallest absolute Gasteiger partial charge is 0.308 e. The Balaban J connectivity index is 1.60. The first kappa shape index (κ1) is 20.6. The van der Waals surface area contributed by atoms with Crippen LogP contribution in [0.15, 0.2) is 65.5 Å². The zero-order valence-electron chi connectivity index (χ0n) is 17.4. The van der Waals surface area contributed by atoms with E-state index in [0.717, 1.165) is 11.1 Å². The van der Waals surface area contributed by atoms with Crippen LogP contribution >= 0.6 is 11.6 Å². The summed E-state index contributed by atoms with van der Waals surface area (Å²) in [5, 5.41) is 6.75. The molecule has 0 radical (unpaired) electrons. The molecule has 0 unspecified atom stereocenters. The van der Waals surface area contributed by atoms with Crippen molar-refractivity contribution < 1.29 is 4.79 Å². The van der Waals surface area contributed by atoms with Gasteiger partial charge in [0.15, 0.2) is 0 Å². The number of fused-ring (bicyclic) bond motifs is 1. The van der Waals surface area contributed by atoms with Gasteiger partial charge in [-0.15, -0.1) is 0 Å². The van der Waals surface area contributed by atoms with E-state index in [-0.39, 0.29) is 11.6 Å². The fourth-order valence-electron chi connectivity index (χ4n) is 3.43. The topological polar surface area (TPSA) is 76.0 Å². The summed E-state index contributed by atoms with van der Waals surface area (Å²) >= 11 is 6.12. The Labute approximate surface area is 184 Å². The Morgan fingerprint density at radius 3 is 2.45 bits per heavy atom. The largest absolute Gasteiger partial charge is 0.323 e. The molecule has 0 atom stereocenters. The number of rotatable bonds is 3. The molecule has 0 aliphatic carbocycles. The molecule has 0 aliphatic rings. The molecule has 6 nitrogen and oxygen atoms in total. The second kappa shape index (κ2) is 8.24. The van der Waals surface area contributed by atoms with E-state index in [9.17, 15) is 9.59 Å². The molecular weight excluding hydrogens is 412 g/mol. The molecule has 0 bridgehead atoms. The number of nitrogens with zero attached hydrogens (tertiary/aromatic N) is 2. The Hall–Kier alpha value is -3.64. The van der Waals surface area contributed by atoms with Gasteiger partial charge < -0.3 is 10.6 Å². The number of hydrogen-bond acceptors (Lipinski definition) is 3. The van der Waals surface area contributed by atoms with Gasteiger partial charge in [0.05, 0.1) is 16.6 Å². The minimum absolute atomic E-state index is 0.128. The number of hydrogen-bond donors (Lipinski definition) is 2. The molecule has 0 spiro atoms. The Bertz CT molecular complexity index is 1380. The molecule has 3 aromatic carbocycles. The molecule has 2 amide bonds. The Morgan fingerprint density at radius 2 is 1.71 bits per heavy atom. The van der Waals surface area contributed by atoms with Crippen LogP contribution in [-0.4, -0.2) is 15.6 Å². The van der Waals surface area contributed by atoms with E-state index in [4.69, 9.17) is 11.6 Å². The highest BCUT2D eigenvalue weighted by Gasteiger charge is 2.12. The summed E-state index contributed by atoms with van der Waals surface area (Å²) in [6.07, 6.45) is 0. The van der Waals surface area contributed by atoms with Crippen molar-refractivity contribution in [2.75, 3.05) is 10.6 Å². The maximum Gasteiger partial charge on any atom is 0.323 e. The summed E-state index contributed by atoms with van der Waals surface area (Å²) in [7, 11) is 0. The number of aryl methyl sites for hydroxylation is 3. The lowest BCUT2D eigenvalue weighted by atomic mass is 10.1. The van der Waals surface area contributed by atoms with Crippen molar-refractivity contribution in [3.05, 3.63) is 93.0 Å². The number of carbonyl (C=O) groups is 1. The molecule has 0 saturated heterocycles. The van der Waals surface area contributed by atoms with Gasteiger partial charge in [0, 0.05) is 16.4 Å². The predicted octanol–water partition coefficient (Wildman–Crippen LogP) is 5.61. The number of urea groups is 1. The first-order chi connectivity index (χ1) is 14.8. The number of amides is 2. The van der Waals surface area contributed by atoms with Gasteiger partial charge >= 0.3 is 6.03 Å². The third-order valence-electron chi connectivity index (χ3n) is 5.09. The lowest BCUT2D eigenvalue weighted by Gasteiger charge is -2.14. The predicted molar refractivity (Wildman–Crippen MR) is 126 cm³/mol. The van der Waals surface area contributed by atoms with E-state index < -0.39 is 0 Å². The van der Waals surface area contributed by atoms with Crippen LogP contribution < -0.4 is 16.2 Å². The van der Waals surface area contributed by atoms with Crippen LogP contribution in [-0.2, 0) is 0 Å².